The lowest BCUT2D eigenvalue weighted by atomic mass is 10.1. The summed E-state index contributed by atoms with van der Waals surface area (Å²) in [6.45, 7) is 0.875. The minimum absolute atomic E-state index is 0.0976. The molecule has 1 saturated carbocycles. The van der Waals surface area contributed by atoms with Gasteiger partial charge in [0.25, 0.3) is 0 Å². The maximum absolute atomic E-state index is 13.8. The second kappa shape index (κ2) is 6.09. The fraction of sp³-hybridized carbons (Fsp3) is 0.500. The highest BCUT2D eigenvalue weighted by molar-refractivity contribution is 8.00. The van der Waals surface area contributed by atoms with Crippen LogP contribution in [0.5, 0.6) is 0 Å². The van der Waals surface area contributed by atoms with E-state index in [4.69, 9.17) is 18.0 Å². The van der Waals surface area contributed by atoms with Crippen molar-refractivity contribution in [1.82, 2.24) is 0 Å². The van der Waals surface area contributed by atoms with E-state index in [0.29, 0.717) is 10.3 Å². The average Bonchev–Trinajstić information content (AvgIpc) is 2.85. The van der Waals surface area contributed by atoms with E-state index >= 15 is 0 Å². The molecule has 1 aliphatic rings. The highest BCUT2D eigenvalue weighted by Gasteiger charge is 2.32. The van der Waals surface area contributed by atoms with Gasteiger partial charge in [-0.05, 0) is 37.3 Å². The number of hydrogen-bond acceptors (Lipinski definition) is 3. The van der Waals surface area contributed by atoms with Crippen molar-refractivity contribution in [3.05, 3.63) is 29.6 Å². The Labute approximate surface area is 123 Å². The molecular weight excluding hydrogens is 279 g/mol. The van der Waals surface area contributed by atoms with Crippen LogP contribution in [0.25, 0.3) is 0 Å². The minimum atomic E-state index is -0.359. The van der Waals surface area contributed by atoms with Crippen LogP contribution in [0.1, 0.15) is 31.2 Å². The Kier molecular flexibility index (Phi) is 4.68. The topological polar surface area (TPSA) is 38.0 Å². The van der Waals surface area contributed by atoms with Crippen LogP contribution in [0.2, 0.25) is 0 Å². The Bertz CT molecular complexity index is 471. The lowest BCUT2D eigenvalue weighted by molar-refractivity contribution is 0.622. The number of nitrogens with one attached hydrogen (secondary N) is 1. The van der Waals surface area contributed by atoms with Gasteiger partial charge < -0.3 is 11.1 Å². The molecule has 0 amide bonds. The van der Waals surface area contributed by atoms with Crippen molar-refractivity contribution in [2.24, 2.45) is 5.73 Å². The van der Waals surface area contributed by atoms with Crippen molar-refractivity contribution < 1.29 is 4.39 Å². The summed E-state index contributed by atoms with van der Waals surface area (Å²) in [4.78, 5) is 0.0976. The molecule has 0 radical (unpaired) electrons. The molecule has 5 heteroatoms. The molecule has 2 rings (SSSR count). The maximum atomic E-state index is 13.8. The predicted octanol–water partition coefficient (Wildman–Crippen LogP) is 3.55. The van der Waals surface area contributed by atoms with Crippen molar-refractivity contribution in [1.29, 1.82) is 0 Å². The van der Waals surface area contributed by atoms with Crippen LogP contribution in [0.3, 0.4) is 0 Å². The smallest absolute Gasteiger partial charge is 0.135 e. The lowest BCUT2D eigenvalue weighted by Gasteiger charge is -2.27. The molecule has 0 atom stereocenters. The number of hydrogen-bond donors (Lipinski definition) is 2. The number of thiocarbonyl (C=S) groups is 1. The predicted molar refractivity (Wildman–Crippen MR) is 85.5 cm³/mol. The van der Waals surface area contributed by atoms with Crippen LogP contribution in [-0.2, 0) is 0 Å². The SMILES string of the molecule is CSC1(CNc2ccc(C(N)=S)c(F)c2)CCCC1. The van der Waals surface area contributed by atoms with Crippen molar-refractivity contribution in [3.8, 4) is 0 Å². The first-order chi connectivity index (χ1) is 9.06. The Morgan fingerprint density at radius 1 is 1.47 bits per heavy atom. The fourth-order valence-corrected chi connectivity index (χ4v) is 3.64. The molecule has 0 saturated heterocycles. The fourth-order valence-electron chi connectivity index (χ4n) is 2.56. The van der Waals surface area contributed by atoms with Crippen LogP contribution < -0.4 is 11.1 Å². The van der Waals surface area contributed by atoms with Gasteiger partial charge in [0.05, 0.1) is 0 Å². The summed E-state index contributed by atoms with van der Waals surface area (Å²) in [5.74, 6) is -0.359. The number of anilines is 1. The van der Waals surface area contributed by atoms with Gasteiger partial charge in [-0.1, -0.05) is 25.1 Å². The monoisotopic (exact) mass is 298 g/mol. The molecule has 1 aromatic carbocycles. The Morgan fingerprint density at radius 3 is 2.68 bits per heavy atom. The van der Waals surface area contributed by atoms with E-state index in [2.05, 4.69) is 11.6 Å². The Morgan fingerprint density at radius 2 is 2.16 bits per heavy atom. The summed E-state index contributed by atoms with van der Waals surface area (Å²) in [7, 11) is 0. The van der Waals surface area contributed by atoms with Crippen LogP contribution in [-0.4, -0.2) is 22.5 Å². The largest absolute Gasteiger partial charge is 0.389 e. The number of rotatable bonds is 5. The van der Waals surface area contributed by atoms with Crippen molar-refractivity contribution in [2.45, 2.75) is 30.4 Å². The molecule has 104 valence electrons. The third-order valence-electron chi connectivity index (χ3n) is 3.80. The summed E-state index contributed by atoms with van der Waals surface area (Å²) in [5, 5.41) is 3.34. The summed E-state index contributed by atoms with van der Waals surface area (Å²) >= 11 is 6.71. The third-order valence-corrected chi connectivity index (χ3v) is 5.44. The number of halogens is 1. The van der Waals surface area contributed by atoms with Gasteiger partial charge in [0, 0.05) is 22.5 Å². The van der Waals surface area contributed by atoms with E-state index in [1.807, 2.05) is 17.8 Å². The van der Waals surface area contributed by atoms with E-state index < -0.39 is 0 Å². The first kappa shape index (κ1) is 14.6. The number of thioether (sulfide) groups is 1. The average molecular weight is 298 g/mol. The minimum Gasteiger partial charge on any atom is -0.389 e. The molecule has 0 heterocycles. The van der Waals surface area contributed by atoms with Gasteiger partial charge >= 0.3 is 0 Å². The first-order valence-electron chi connectivity index (χ1n) is 6.45. The van der Waals surface area contributed by atoms with Crippen LogP contribution in [0.4, 0.5) is 10.1 Å². The summed E-state index contributed by atoms with van der Waals surface area (Å²) < 4.78 is 14.1. The van der Waals surface area contributed by atoms with Crippen molar-refractivity contribution >= 4 is 34.7 Å². The standard InChI is InChI=1S/C14H19FN2S2/c1-19-14(6-2-3-7-14)9-17-10-4-5-11(13(16)18)12(15)8-10/h4-5,8,17H,2-3,6-7,9H2,1H3,(H2,16,18). The van der Waals surface area contributed by atoms with Gasteiger partial charge in [0.2, 0.25) is 0 Å². The molecule has 3 N–H and O–H groups in total. The van der Waals surface area contributed by atoms with E-state index in [1.54, 1.807) is 6.07 Å². The van der Waals surface area contributed by atoms with Gasteiger partial charge in [-0.2, -0.15) is 11.8 Å². The second-order valence-corrected chi connectivity index (χ2v) is 6.72. The zero-order valence-corrected chi connectivity index (χ0v) is 12.7. The Balaban J connectivity index is 2.03. The van der Waals surface area contributed by atoms with Crippen LogP contribution in [0.15, 0.2) is 18.2 Å². The lowest BCUT2D eigenvalue weighted by Crippen LogP contribution is -2.30. The van der Waals surface area contributed by atoms with E-state index in [9.17, 15) is 4.39 Å². The van der Waals surface area contributed by atoms with E-state index in [1.165, 1.54) is 31.7 Å². The second-order valence-electron chi connectivity index (χ2n) is 5.01. The quantitative estimate of drug-likeness (QED) is 0.815. The first-order valence-corrected chi connectivity index (χ1v) is 8.08. The van der Waals surface area contributed by atoms with E-state index in [-0.39, 0.29) is 10.8 Å². The van der Waals surface area contributed by atoms with Gasteiger partial charge in [0.1, 0.15) is 10.8 Å². The summed E-state index contributed by atoms with van der Waals surface area (Å²) in [5.41, 5.74) is 6.54. The highest BCUT2D eigenvalue weighted by atomic mass is 32.2. The molecule has 2 nitrogen and oxygen atoms in total. The molecular formula is C14H19FN2S2. The molecule has 19 heavy (non-hydrogen) atoms. The van der Waals surface area contributed by atoms with Gasteiger partial charge in [-0.15, -0.1) is 0 Å². The zero-order chi connectivity index (χ0) is 13.9. The van der Waals surface area contributed by atoms with Crippen molar-refractivity contribution in [2.75, 3.05) is 18.1 Å². The van der Waals surface area contributed by atoms with Crippen LogP contribution >= 0.6 is 24.0 Å². The zero-order valence-electron chi connectivity index (χ0n) is 11.0. The van der Waals surface area contributed by atoms with Crippen LogP contribution in [0, 0.1) is 5.82 Å². The molecule has 0 unspecified atom stereocenters. The molecule has 1 fully saturated rings. The maximum Gasteiger partial charge on any atom is 0.135 e. The third kappa shape index (κ3) is 3.39. The highest BCUT2D eigenvalue weighted by Crippen LogP contribution is 2.40. The molecule has 0 aliphatic heterocycles. The van der Waals surface area contributed by atoms with Gasteiger partial charge in [-0.25, -0.2) is 4.39 Å². The molecule has 0 spiro atoms. The number of nitrogens with two attached hydrogens (primary N) is 1. The van der Waals surface area contributed by atoms with Crippen molar-refractivity contribution in [3.63, 3.8) is 0 Å². The molecule has 0 aromatic heterocycles. The Hall–Kier alpha value is -0.810. The molecule has 1 aliphatic carbocycles. The van der Waals surface area contributed by atoms with E-state index in [0.717, 1.165) is 12.2 Å². The normalized spacial score (nSPS) is 17.4. The molecule has 1 aromatic rings. The summed E-state index contributed by atoms with van der Waals surface area (Å²) in [6, 6.07) is 4.94. The van der Waals surface area contributed by atoms with Gasteiger partial charge in [0.15, 0.2) is 0 Å². The molecule has 0 bridgehead atoms. The number of benzene rings is 1. The summed E-state index contributed by atoms with van der Waals surface area (Å²) in [6.07, 6.45) is 7.20. The van der Waals surface area contributed by atoms with Gasteiger partial charge in [-0.3, -0.25) is 0 Å².